The van der Waals surface area contributed by atoms with Gasteiger partial charge in [0.15, 0.2) is 0 Å². The third kappa shape index (κ3) is 5.29. The molecule has 1 rings (SSSR count). The van der Waals surface area contributed by atoms with E-state index in [0.29, 0.717) is 18.2 Å². The average molecular weight is 304 g/mol. The minimum atomic E-state index is -0.769. The van der Waals surface area contributed by atoms with Crippen LogP contribution in [0.3, 0.4) is 0 Å². The van der Waals surface area contributed by atoms with Gasteiger partial charge in [0.1, 0.15) is 0 Å². The number of carbonyl (C=O) groups is 1. The molecule has 1 aromatic rings. The third-order valence-corrected chi connectivity index (χ3v) is 3.31. The number of anilines is 1. The molecule has 0 aliphatic carbocycles. The van der Waals surface area contributed by atoms with E-state index < -0.39 is 5.97 Å². The number of nitrogens with zero attached hydrogens (tertiary/aromatic N) is 1. The molecule has 0 fully saturated rings. The van der Waals surface area contributed by atoms with Gasteiger partial charge in [-0.25, -0.2) is 0 Å². The molecule has 0 heterocycles. The van der Waals surface area contributed by atoms with Crippen molar-refractivity contribution >= 4 is 34.9 Å². The van der Waals surface area contributed by atoms with E-state index in [1.54, 1.807) is 6.92 Å². The highest BCUT2D eigenvalue weighted by Gasteiger charge is 2.12. The number of hydrogen-bond donors (Lipinski definition) is 1. The Morgan fingerprint density at radius 3 is 2.16 bits per heavy atom. The fraction of sp³-hybridized carbons (Fsp3) is 0.500. The normalized spacial score (nSPS) is 12.2. The van der Waals surface area contributed by atoms with Crippen LogP contribution in [0.1, 0.15) is 12.5 Å². The fourth-order valence-corrected chi connectivity index (χ4v) is 2.27. The predicted molar refractivity (Wildman–Crippen MR) is 80.6 cm³/mol. The van der Waals surface area contributed by atoms with E-state index in [-0.39, 0.29) is 5.92 Å². The summed E-state index contributed by atoms with van der Waals surface area (Å²) in [4.78, 5) is 12.9. The van der Waals surface area contributed by atoms with Gasteiger partial charge in [-0.2, -0.15) is 0 Å². The lowest BCUT2D eigenvalue weighted by atomic mass is 10.0. The highest BCUT2D eigenvalue weighted by atomic mass is 35.5. The van der Waals surface area contributed by atoms with E-state index in [9.17, 15) is 4.79 Å². The largest absolute Gasteiger partial charge is 0.481 e. The van der Waals surface area contributed by atoms with E-state index in [2.05, 4.69) is 4.90 Å². The molecule has 1 N–H and O–H groups in total. The minimum Gasteiger partial charge on any atom is -0.481 e. The molecule has 1 atom stereocenters. The molecule has 0 spiro atoms. The van der Waals surface area contributed by atoms with E-state index in [0.717, 1.165) is 24.3 Å². The van der Waals surface area contributed by atoms with Gasteiger partial charge < -0.3 is 10.0 Å². The van der Waals surface area contributed by atoms with Crippen molar-refractivity contribution in [3.05, 3.63) is 29.8 Å². The summed E-state index contributed by atoms with van der Waals surface area (Å²) in [6.07, 6.45) is 0.542. The summed E-state index contributed by atoms with van der Waals surface area (Å²) in [5, 5.41) is 8.89. The van der Waals surface area contributed by atoms with Gasteiger partial charge in [-0.05, 0) is 24.1 Å². The summed E-state index contributed by atoms with van der Waals surface area (Å²) >= 11 is 11.5. The molecule has 0 aromatic heterocycles. The maximum atomic E-state index is 10.8. The van der Waals surface area contributed by atoms with Gasteiger partial charge in [0.2, 0.25) is 0 Å². The Morgan fingerprint density at radius 2 is 1.74 bits per heavy atom. The van der Waals surface area contributed by atoms with Crippen LogP contribution in [0.5, 0.6) is 0 Å². The van der Waals surface area contributed by atoms with Gasteiger partial charge in [0, 0.05) is 30.5 Å². The molecule has 0 aliphatic rings. The van der Waals surface area contributed by atoms with Gasteiger partial charge in [-0.15, -0.1) is 23.2 Å². The molecule has 19 heavy (non-hydrogen) atoms. The smallest absolute Gasteiger partial charge is 0.306 e. The molecule has 0 radical (unpaired) electrons. The number of carboxylic acids is 1. The molecule has 1 unspecified atom stereocenters. The summed E-state index contributed by atoms with van der Waals surface area (Å²) in [6.45, 7) is 3.21. The predicted octanol–water partition coefficient (Wildman–Crippen LogP) is 3.23. The second kappa shape index (κ2) is 8.28. The summed E-state index contributed by atoms with van der Waals surface area (Å²) in [5.74, 6) is -0.0359. The van der Waals surface area contributed by atoms with Gasteiger partial charge >= 0.3 is 5.97 Å². The van der Waals surface area contributed by atoms with Crippen molar-refractivity contribution in [3.8, 4) is 0 Å². The van der Waals surface area contributed by atoms with Gasteiger partial charge in [-0.3, -0.25) is 4.79 Å². The molecular weight excluding hydrogens is 285 g/mol. The Labute approximate surface area is 124 Å². The molecule has 0 saturated heterocycles. The van der Waals surface area contributed by atoms with Crippen molar-refractivity contribution < 1.29 is 9.90 Å². The van der Waals surface area contributed by atoms with Crippen LogP contribution in [-0.4, -0.2) is 35.9 Å². The summed E-state index contributed by atoms with van der Waals surface area (Å²) in [7, 11) is 0. The molecular formula is C14H19Cl2NO2. The molecule has 3 nitrogen and oxygen atoms in total. The molecule has 0 aliphatic heterocycles. The molecule has 0 amide bonds. The Kier molecular flexibility index (Phi) is 7.03. The number of hydrogen-bond acceptors (Lipinski definition) is 2. The highest BCUT2D eigenvalue weighted by molar-refractivity contribution is 6.18. The second-order valence-corrected chi connectivity index (χ2v) is 5.23. The third-order valence-electron chi connectivity index (χ3n) is 2.97. The highest BCUT2D eigenvalue weighted by Crippen LogP contribution is 2.17. The first-order valence-electron chi connectivity index (χ1n) is 6.27. The number of benzene rings is 1. The second-order valence-electron chi connectivity index (χ2n) is 4.47. The van der Waals surface area contributed by atoms with Crippen LogP contribution in [-0.2, 0) is 11.2 Å². The standard InChI is InChI=1S/C14H19Cl2NO2/c1-11(14(18)19)10-12-2-4-13(5-3-12)17(8-6-15)9-7-16/h2-5,11H,6-10H2,1H3,(H,18,19). The van der Waals surface area contributed by atoms with Gasteiger partial charge in [0.25, 0.3) is 0 Å². The number of halogens is 2. The average Bonchev–Trinajstić information content (AvgIpc) is 2.39. The van der Waals surface area contributed by atoms with Crippen LogP contribution in [0.15, 0.2) is 24.3 Å². The number of carboxylic acid groups (broad SMARTS) is 1. The zero-order chi connectivity index (χ0) is 14.3. The number of alkyl halides is 2. The lowest BCUT2D eigenvalue weighted by Crippen LogP contribution is -2.27. The lowest BCUT2D eigenvalue weighted by molar-refractivity contribution is -0.141. The summed E-state index contributed by atoms with van der Waals surface area (Å²) < 4.78 is 0. The first kappa shape index (κ1) is 16.1. The zero-order valence-electron chi connectivity index (χ0n) is 11.0. The van der Waals surface area contributed by atoms with Gasteiger partial charge in [-0.1, -0.05) is 19.1 Å². The first-order valence-corrected chi connectivity index (χ1v) is 7.34. The van der Waals surface area contributed by atoms with Crippen molar-refractivity contribution in [1.82, 2.24) is 0 Å². The van der Waals surface area contributed by atoms with Crippen LogP contribution in [0.25, 0.3) is 0 Å². The number of rotatable bonds is 8. The molecule has 1 aromatic carbocycles. The Hall–Kier alpha value is -0.930. The quantitative estimate of drug-likeness (QED) is 0.750. The van der Waals surface area contributed by atoms with Crippen molar-refractivity contribution in [1.29, 1.82) is 0 Å². The monoisotopic (exact) mass is 303 g/mol. The van der Waals surface area contributed by atoms with Crippen LogP contribution in [0.2, 0.25) is 0 Å². The van der Waals surface area contributed by atoms with Crippen molar-refractivity contribution in [2.75, 3.05) is 29.7 Å². The zero-order valence-corrected chi connectivity index (χ0v) is 12.5. The molecule has 0 saturated carbocycles. The summed E-state index contributed by atoms with van der Waals surface area (Å²) in [5.41, 5.74) is 2.09. The number of aliphatic carboxylic acids is 1. The van der Waals surface area contributed by atoms with Crippen molar-refractivity contribution in [2.45, 2.75) is 13.3 Å². The Bertz CT molecular complexity index is 389. The molecule has 0 bridgehead atoms. The Balaban J connectivity index is 2.71. The van der Waals surface area contributed by atoms with Crippen LogP contribution in [0, 0.1) is 5.92 Å². The van der Waals surface area contributed by atoms with Crippen LogP contribution in [0.4, 0.5) is 5.69 Å². The first-order chi connectivity index (χ1) is 9.08. The SMILES string of the molecule is CC(Cc1ccc(N(CCCl)CCCl)cc1)C(=O)O. The van der Waals surface area contributed by atoms with E-state index in [4.69, 9.17) is 28.3 Å². The van der Waals surface area contributed by atoms with E-state index in [1.807, 2.05) is 24.3 Å². The van der Waals surface area contributed by atoms with Crippen molar-refractivity contribution in [3.63, 3.8) is 0 Å². The van der Waals surface area contributed by atoms with E-state index in [1.165, 1.54) is 0 Å². The molecule has 5 heteroatoms. The van der Waals surface area contributed by atoms with E-state index >= 15 is 0 Å². The molecule has 106 valence electrons. The fourth-order valence-electron chi connectivity index (χ4n) is 1.86. The summed E-state index contributed by atoms with van der Waals surface area (Å²) in [6, 6.07) is 7.90. The topological polar surface area (TPSA) is 40.5 Å². The maximum absolute atomic E-state index is 10.8. The Morgan fingerprint density at radius 1 is 1.21 bits per heavy atom. The van der Waals surface area contributed by atoms with Crippen molar-refractivity contribution in [2.24, 2.45) is 5.92 Å². The minimum absolute atomic E-state index is 0.368. The maximum Gasteiger partial charge on any atom is 0.306 e. The van der Waals surface area contributed by atoms with Gasteiger partial charge in [0.05, 0.1) is 5.92 Å². The van der Waals surface area contributed by atoms with Crippen LogP contribution < -0.4 is 4.90 Å². The lowest BCUT2D eigenvalue weighted by Gasteiger charge is -2.23. The van der Waals surface area contributed by atoms with Crippen LogP contribution >= 0.6 is 23.2 Å².